The molecule has 9 heteroatoms. The highest BCUT2D eigenvalue weighted by Crippen LogP contribution is 2.26. The van der Waals surface area contributed by atoms with E-state index < -0.39 is 17.8 Å². The summed E-state index contributed by atoms with van der Waals surface area (Å²) in [6.45, 7) is 3.28. The van der Waals surface area contributed by atoms with Gasteiger partial charge in [-0.1, -0.05) is 17.7 Å². The third-order valence-electron chi connectivity index (χ3n) is 4.98. The monoisotopic (exact) mass is 465 g/mol. The smallest absolute Gasteiger partial charge is 0.319 e. The molecule has 0 spiro atoms. The number of nitrogens with one attached hydrogen (secondary N) is 2. The quantitative estimate of drug-likeness (QED) is 0.519. The fourth-order valence-corrected chi connectivity index (χ4v) is 3.31. The van der Waals surface area contributed by atoms with E-state index in [9.17, 15) is 14.0 Å². The van der Waals surface area contributed by atoms with Gasteiger partial charge in [0, 0.05) is 55.9 Å². The Balaban J connectivity index is 2.13. The Morgan fingerprint density at radius 3 is 2.47 bits per heavy atom. The number of anilines is 1. The van der Waals surface area contributed by atoms with Crippen LogP contribution in [0, 0.1) is 5.82 Å². The van der Waals surface area contributed by atoms with Crippen LogP contribution in [0.2, 0.25) is 5.02 Å². The van der Waals surface area contributed by atoms with Crippen molar-refractivity contribution in [1.82, 2.24) is 10.2 Å². The van der Waals surface area contributed by atoms with Gasteiger partial charge in [0.25, 0.3) is 0 Å². The standard InChI is InChI=1S/C23H29ClFN3O4/c1-4-28(11-12-31-2)22(29)13-16(20-10-9-19(32-3)14-21(20)25)15-26-23(30)27-18-7-5-17(24)6-8-18/h5-10,14,16H,4,11-13,15H2,1-3H3,(H2,26,27,30). The van der Waals surface area contributed by atoms with E-state index in [-0.39, 0.29) is 18.9 Å². The highest BCUT2D eigenvalue weighted by Gasteiger charge is 2.23. The largest absolute Gasteiger partial charge is 0.497 e. The van der Waals surface area contributed by atoms with Gasteiger partial charge in [-0.3, -0.25) is 4.79 Å². The Morgan fingerprint density at radius 1 is 1.16 bits per heavy atom. The average Bonchev–Trinajstić information content (AvgIpc) is 2.78. The fraction of sp³-hybridized carbons (Fsp3) is 0.391. The zero-order valence-corrected chi connectivity index (χ0v) is 19.2. The van der Waals surface area contributed by atoms with Crippen molar-refractivity contribution in [3.8, 4) is 5.75 Å². The number of ether oxygens (including phenoxy) is 2. The number of carbonyl (C=O) groups is 2. The topological polar surface area (TPSA) is 79.9 Å². The molecule has 0 aromatic heterocycles. The fourth-order valence-electron chi connectivity index (χ4n) is 3.18. The maximum absolute atomic E-state index is 14.8. The molecule has 0 heterocycles. The van der Waals surface area contributed by atoms with E-state index in [1.54, 1.807) is 48.4 Å². The Kier molecular flexibility index (Phi) is 10.2. The summed E-state index contributed by atoms with van der Waals surface area (Å²) in [5, 5.41) is 5.97. The molecule has 2 aromatic carbocycles. The third-order valence-corrected chi connectivity index (χ3v) is 5.23. The number of methoxy groups -OCH3 is 2. The zero-order chi connectivity index (χ0) is 23.5. The van der Waals surface area contributed by atoms with E-state index in [0.717, 1.165) is 0 Å². The van der Waals surface area contributed by atoms with Crippen LogP contribution in [0.1, 0.15) is 24.8 Å². The lowest BCUT2D eigenvalue weighted by Gasteiger charge is -2.25. The van der Waals surface area contributed by atoms with Crippen LogP contribution in [0.3, 0.4) is 0 Å². The summed E-state index contributed by atoms with van der Waals surface area (Å²) >= 11 is 5.86. The Morgan fingerprint density at radius 2 is 1.88 bits per heavy atom. The maximum Gasteiger partial charge on any atom is 0.319 e. The molecule has 1 atom stereocenters. The van der Waals surface area contributed by atoms with Crippen LogP contribution in [-0.4, -0.2) is 57.3 Å². The molecule has 0 aliphatic heterocycles. The van der Waals surface area contributed by atoms with Gasteiger partial charge in [0.05, 0.1) is 13.7 Å². The molecule has 3 amide bonds. The molecular weight excluding hydrogens is 437 g/mol. The van der Waals surface area contributed by atoms with Gasteiger partial charge in [-0.25, -0.2) is 9.18 Å². The normalized spacial score (nSPS) is 11.5. The summed E-state index contributed by atoms with van der Waals surface area (Å²) in [5.74, 6) is -0.840. The highest BCUT2D eigenvalue weighted by atomic mass is 35.5. The van der Waals surface area contributed by atoms with Gasteiger partial charge < -0.3 is 25.0 Å². The molecule has 2 N–H and O–H groups in total. The number of halogens is 2. The average molecular weight is 466 g/mol. The Bertz CT molecular complexity index is 895. The van der Waals surface area contributed by atoms with Crippen molar-refractivity contribution in [2.24, 2.45) is 0 Å². The molecule has 0 aliphatic carbocycles. The van der Waals surface area contributed by atoms with Crippen molar-refractivity contribution >= 4 is 29.2 Å². The lowest BCUT2D eigenvalue weighted by molar-refractivity contribution is -0.132. The van der Waals surface area contributed by atoms with Crippen molar-refractivity contribution in [2.75, 3.05) is 45.8 Å². The molecule has 0 bridgehead atoms. The molecule has 2 rings (SSSR count). The number of amides is 3. The van der Waals surface area contributed by atoms with Crippen LogP contribution < -0.4 is 15.4 Å². The Hall–Kier alpha value is -2.84. The Labute approximate surface area is 192 Å². The van der Waals surface area contributed by atoms with Crippen molar-refractivity contribution in [3.63, 3.8) is 0 Å². The summed E-state index contributed by atoms with van der Waals surface area (Å²) < 4.78 is 24.9. The maximum atomic E-state index is 14.8. The molecule has 32 heavy (non-hydrogen) atoms. The highest BCUT2D eigenvalue weighted by molar-refractivity contribution is 6.30. The minimum atomic E-state index is -0.569. The van der Waals surface area contributed by atoms with Gasteiger partial charge in [-0.2, -0.15) is 0 Å². The summed E-state index contributed by atoms with van der Waals surface area (Å²) in [7, 11) is 3.02. The first kappa shape index (κ1) is 25.4. The lowest BCUT2D eigenvalue weighted by atomic mass is 9.94. The number of carbonyl (C=O) groups excluding carboxylic acids is 2. The molecule has 0 saturated heterocycles. The summed E-state index contributed by atoms with van der Waals surface area (Å²) in [6, 6.07) is 10.7. The molecule has 0 aliphatic rings. The number of urea groups is 1. The van der Waals surface area contributed by atoms with Crippen LogP contribution in [-0.2, 0) is 9.53 Å². The van der Waals surface area contributed by atoms with Crippen LogP contribution in [0.15, 0.2) is 42.5 Å². The van der Waals surface area contributed by atoms with E-state index in [1.807, 2.05) is 6.92 Å². The molecule has 174 valence electrons. The second-order valence-corrected chi connectivity index (χ2v) is 7.53. The van der Waals surface area contributed by atoms with E-state index >= 15 is 0 Å². The van der Waals surface area contributed by atoms with Gasteiger partial charge in [0.1, 0.15) is 11.6 Å². The number of benzene rings is 2. The zero-order valence-electron chi connectivity index (χ0n) is 18.5. The van der Waals surface area contributed by atoms with E-state index in [0.29, 0.717) is 41.7 Å². The number of hydrogen-bond acceptors (Lipinski definition) is 4. The van der Waals surface area contributed by atoms with Crippen LogP contribution in [0.5, 0.6) is 5.75 Å². The predicted molar refractivity (Wildman–Crippen MR) is 123 cm³/mol. The predicted octanol–water partition coefficient (Wildman–Crippen LogP) is 4.28. The summed E-state index contributed by atoms with van der Waals surface area (Å²) in [4.78, 5) is 26.8. The molecule has 0 fully saturated rings. The lowest BCUT2D eigenvalue weighted by Crippen LogP contribution is -2.37. The summed E-state index contributed by atoms with van der Waals surface area (Å²) in [5.41, 5.74) is 0.889. The first-order chi connectivity index (χ1) is 15.4. The van der Waals surface area contributed by atoms with Gasteiger partial charge in [0.15, 0.2) is 0 Å². The minimum Gasteiger partial charge on any atom is -0.497 e. The first-order valence-corrected chi connectivity index (χ1v) is 10.7. The van der Waals surface area contributed by atoms with Gasteiger partial charge in [-0.05, 0) is 42.8 Å². The molecular formula is C23H29ClFN3O4. The van der Waals surface area contributed by atoms with Crippen LogP contribution >= 0.6 is 11.6 Å². The van der Waals surface area contributed by atoms with Crippen molar-refractivity contribution in [3.05, 3.63) is 58.9 Å². The second kappa shape index (κ2) is 12.9. The van der Waals surface area contributed by atoms with Gasteiger partial charge in [0.2, 0.25) is 5.91 Å². The molecule has 0 saturated carbocycles. The van der Waals surface area contributed by atoms with Crippen LogP contribution in [0.4, 0.5) is 14.9 Å². The van der Waals surface area contributed by atoms with Crippen molar-refractivity contribution in [1.29, 1.82) is 0 Å². The number of nitrogens with zero attached hydrogens (tertiary/aromatic N) is 1. The molecule has 0 radical (unpaired) electrons. The number of hydrogen-bond donors (Lipinski definition) is 2. The summed E-state index contributed by atoms with van der Waals surface area (Å²) in [6.07, 6.45) is 0.0298. The van der Waals surface area contributed by atoms with E-state index in [2.05, 4.69) is 10.6 Å². The van der Waals surface area contributed by atoms with Gasteiger partial charge in [-0.15, -0.1) is 0 Å². The van der Waals surface area contributed by atoms with Crippen molar-refractivity contribution in [2.45, 2.75) is 19.3 Å². The molecule has 2 aromatic rings. The van der Waals surface area contributed by atoms with E-state index in [4.69, 9.17) is 21.1 Å². The van der Waals surface area contributed by atoms with Gasteiger partial charge >= 0.3 is 6.03 Å². The minimum absolute atomic E-state index is 0.0298. The number of rotatable bonds is 11. The SMILES string of the molecule is CCN(CCOC)C(=O)CC(CNC(=O)Nc1ccc(Cl)cc1)c1ccc(OC)cc1F. The van der Waals surface area contributed by atoms with Crippen LogP contribution in [0.25, 0.3) is 0 Å². The van der Waals surface area contributed by atoms with Crippen molar-refractivity contribution < 1.29 is 23.5 Å². The number of likely N-dealkylation sites (N-methyl/N-ethyl adjacent to an activating group) is 1. The molecule has 7 nitrogen and oxygen atoms in total. The van der Waals surface area contributed by atoms with E-state index in [1.165, 1.54) is 13.2 Å². The third kappa shape index (κ3) is 7.69. The first-order valence-electron chi connectivity index (χ1n) is 10.3. The molecule has 1 unspecified atom stereocenters. The second-order valence-electron chi connectivity index (χ2n) is 7.10.